The quantitative estimate of drug-likeness (QED) is 0.461. The minimum Gasteiger partial charge on any atom is -0.444 e. The van der Waals surface area contributed by atoms with Gasteiger partial charge in [-0.1, -0.05) is 12.1 Å². The van der Waals surface area contributed by atoms with Gasteiger partial charge in [-0.3, -0.25) is 4.90 Å². The number of amides is 1. The maximum atomic E-state index is 12.8. The van der Waals surface area contributed by atoms with E-state index in [9.17, 15) is 18.0 Å². The first-order chi connectivity index (χ1) is 16.0. The van der Waals surface area contributed by atoms with E-state index in [1.54, 1.807) is 49.9 Å². The molecule has 0 saturated carbocycles. The van der Waals surface area contributed by atoms with Crippen LogP contribution in [0, 0.1) is 0 Å². The molecule has 2 heterocycles. The van der Waals surface area contributed by atoms with Gasteiger partial charge in [0.25, 0.3) is 0 Å². The molecule has 7 nitrogen and oxygen atoms in total. The highest BCUT2D eigenvalue weighted by atomic mass is 19.4. The number of likely N-dealkylation sites (tertiary alicyclic amines) is 1. The third-order valence-corrected chi connectivity index (χ3v) is 5.26. The molecule has 2 aromatic carbocycles. The Kier molecular flexibility index (Phi) is 6.24. The summed E-state index contributed by atoms with van der Waals surface area (Å²) in [6.07, 6.45) is -3.37. The molecule has 1 aromatic heterocycles. The fourth-order valence-corrected chi connectivity index (χ4v) is 3.72. The SMILES string of the molecule is CC(C)(C)OC(=O)N1CCCC1c1nnc(-c2ccccc2Nc2ccc(C(F)(F)F)cc2)o1. The maximum Gasteiger partial charge on any atom is 0.416 e. The van der Waals surface area contributed by atoms with Crippen LogP contribution in [0.5, 0.6) is 0 Å². The molecule has 0 radical (unpaired) electrons. The Labute approximate surface area is 194 Å². The van der Waals surface area contributed by atoms with Gasteiger partial charge in [-0.15, -0.1) is 10.2 Å². The molecule has 10 heteroatoms. The second-order valence-electron chi connectivity index (χ2n) is 9.02. The average molecular weight is 474 g/mol. The smallest absolute Gasteiger partial charge is 0.416 e. The van der Waals surface area contributed by atoms with Crippen molar-refractivity contribution in [3.63, 3.8) is 0 Å². The molecule has 0 bridgehead atoms. The molecule has 1 aliphatic rings. The Balaban J connectivity index is 1.55. The predicted molar refractivity (Wildman–Crippen MR) is 119 cm³/mol. The van der Waals surface area contributed by atoms with E-state index in [2.05, 4.69) is 15.5 Å². The van der Waals surface area contributed by atoms with E-state index in [4.69, 9.17) is 9.15 Å². The van der Waals surface area contributed by atoms with Crippen LogP contribution in [0.15, 0.2) is 52.9 Å². The van der Waals surface area contributed by atoms with Gasteiger partial charge in [0.05, 0.1) is 16.8 Å². The van der Waals surface area contributed by atoms with Crippen LogP contribution in [-0.2, 0) is 10.9 Å². The minimum absolute atomic E-state index is 0.237. The van der Waals surface area contributed by atoms with E-state index in [-0.39, 0.29) is 11.9 Å². The van der Waals surface area contributed by atoms with Gasteiger partial charge >= 0.3 is 12.3 Å². The number of rotatable bonds is 4. The van der Waals surface area contributed by atoms with Gasteiger partial charge in [-0.25, -0.2) is 4.79 Å². The molecule has 3 aromatic rings. The third kappa shape index (κ3) is 5.32. The standard InChI is InChI=1S/C24H25F3N4O3/c1-23(2,3)34-22(32)31-14-6-9-19(31)21-30-29-20(33-21)17-7-4-5-8-18(17)28-16-12-10-15(11-13-16)24(25,26)27/h4-5,7-8,10-13,19,28H,6,9,14H2,1-3H3. The van der Waals surface area contributed by atoms with E-state index >= 15 is 0 Å². The van der Waals surface area contributed by atoms with Crippen LogP contribution >= 0.6 is 0 Å². The molecule has 1 saturated heterocycles. The zero-order chi connectivity index (χ0) is 24.5. The number of anilines is 2. The number of alkyl halides is 3. The first-order valence-electron chi connectivity index (χ1n) is 10.9. The molecule has 34 heavy (non-hydrogen) atoms. The predicted octanol–water partition coefficient (Wildman–Crippen LogP) is 6.57. The zero-order valence-corrected chi connectivity index (χ0v) is 19.0. The Morgan fingerprint density at radius 3 is 2.47 bits per heavy atom. The van der Waals surface area contributed by atoms with Crippen molar-refractivity contribution in [3.05, 3.63) is 60.0 Å². The van der Waals surface area contributed by atoms with Gasteiger partial charge in [0, 0.05) is 12.2 Å². The van der Waals surface area contributed by atoms with Gasteiger partial charge in [0.2, 0.25) is 11.8 Å². The molecule has 1 atom stereocenters. The Morgan fingerprint density at radius 1 is 1.09 bits per heavy atom. The molecule has 1 unspecified atom stereocenters. The van der Waals surface area contributed by atoms with Crippen molar-refractivity contribution in [2.75, 3.05) is 11.9 Å². The van der Waals surface area contributed by atoms with E-state index in [1.807, 2.05) is 0 Å². The molecule has 1 fully saturated rings. The lowest BCUT2D eigenvalue weighted by Gasteiger charge is -2.27. The van der Waals surface area contributed by atoms with E-state index in [0.29, 0.717) is 35.8 Å². The summed E-state index contributed by atoms with van der Waals surface area (Å²) in [6, 6.07) is 11.5. The molecular formula is C24H25F3N4O3. The number of halogens is 3. The molecule has 1 N–H and O–H groups in total. The van der Waals surface area contributed by atoms with Crippen molar-refractivity contribution in [1.82, 2.24) is 15.1 Å². The van der Waals surface area contributed by atoms with Crippen molar-refractivity contribution >= 4 is 17.5 Å². The molecule has 0 aliphatic carbocycles. The van der Waals surface area contributed by atoms with Crippen LogP contribution in [0.3, 0.4) is 0 Å². The summed E-state index contributed by atoms with van der Waals surface area (Å²) in [6.45, 7) is 5.95. The highest BCUT2D eigenvalue weighted by molar-refractivity contribution is 5.76. The third-order valence-electron chi connectivity index (χ3n) is 5.26. The lowest BCUT2D eigenvalue weighted by atomic mass is 10.1. The number of para-hydroxylation sites is 1. The van der Waals surface area contributed by atoms with Crippen molar-refractivity contribution in [2.45, 2.75) is 51.4 Å². The number of carbonyl (C=O) groups excluding carboxylic acids is 1. The van der Waals surface area contributed by atoms with E-state index in [1.165, 1.54) is 12.1 Å². The van der Waals surface area contributed by atoms with Crippen molar-refractivity contribution < 1.29 is 27.1 Å². The topological polar surface area (TPSA) is 80.5 Å². The highest BCUT2D eigenvalue weighted by Crippen LogP contribution is 2.36. The van der Waals surface area contributed by atoms with Crippen LogP contribution in [0.25, 0.3) is 11.5 Å². The number of nitrogens with one attached hydrogen (secondary N) is 1. The van der Waals surface area contributed by atoms with Gasteiger partial charge in [-0.2, -0.15) is 13.2 Å². The number of ether oxygens (including phenoxy) is 1. The maximum absolute atomic E-state index is 12.8. The summed E-state index contributed by atoms with van der Waals surface area (Å²) >= 11 is 0. The fraction of sp³-hybridized carbons (Fsp3) is 0.375. The van der Waals surface area contributed by atoms with Crippen LogP contribution in [-0.4, -0.2) is 33.3 Å². The molecular weight excluding hydrogens is 449 g/mol. The minimum atomic E-state index is -4.40. The van der Waals surface area contributed by atoms with Crippen molar-refractivity contribution in [2.24, 2.45) is 0 Å². The van der Waals surface area contributed by atoms with E-state index < -0.39 is 23.4 Å². The Hall–Kier alpha value is -3.56. The van der Waals surface area contributed by atoms with Crippen LogP contribution < -0.4 is 5.32 Å². The van der Waals surface area contributed by atoms with E-state index in [0.717, 1.165) is 18.6 Å². The normalized spacial score (nSPS) is 16.5. The number of hydrogen-bond acceptors (Lipinski definition) is 6. The zero-order valence-electron chi connectivity index (χ0n) is 19.0. The number of carbonyl (C=O) groups is 1. The van der Waals surface area contributed by atoms with Gasteiger partial charge < -0.3 is 14.5 Å². The molecule has 180 valence electrons. The first kappa shape index (κ1) is 23.6. The largest absolute Gasteiger partial charge is 0.444 e. The summed E-state index contributed by atoms with van der Waals surface area (Å²) < 4.78 is 50.0. The van der Waals surface area contributed by atoms with Gasteiger partial charge in [0.1, 0.15) is 11.6 Å². The summed E-state index contributed by atoms with van der Waals surface area (Å²) in [5.74, 6) is 0.545. The number of aromatic nitrogens is 2. The number of hydrogen-bond donors (Lipinski definition) is 1. The van der Waals surface area contributed by atoms with Crippen LogP contribution in [0.4, 0.5) is 29.3 Å². The average Bonchev–Trinajstić information content (AvgIpc) is 3.42. The van der Waals surface area contributed by atoms with Crippen molar-refractivity contribution in [1.29, 1.82) is 0 Å². The second-order valence-corrected chi connectivity index (χ2v) is 9.02. The summed E-state index contributed by atoms with van der Waals surface area (Å²) in [7, 11) is 0. The number of benzene rings is 2. The Bertz CT molecular complexity index is 1150. The lowest BCUT2D eigenvalue weighted by Crippen LogP contribution is -2.36. The lowest BCUT2D eigenvalue weighted by molar-refractivity contribution is -0.137. The second kappa shape index (κ2) is 9.00. The molecule has 0 spiro atoms. The summed E-state index contributed by atoms with van der Waals surface area (Å²) in [4.78, 5) is 14.2. The van der Waals surface area contributed by atoms with Crippen LogP contribution in [0.2, 0.25) is 0 Å². The van der Waals surface area contributed by atoms with Crippen molar-refractivity contribution in [3.8, 4) is 11.5 Å². The molecule has 1 aliphatic heterocycles. The summed E-state index contributed by atoms with van der Waals surface area (Å²) in [5, 5.41) is 11.4. The Morgan fingerprint density at radius 2 is 1.79 bits per heavy atom. The van der Waals surface area contributed by atoms with Gasteiger partial charge in [0.15, 0.2) is 0 Å². The molecule has 1 amide bonds. The first-order valence-corrected chi connectivity index (χ1v) is 10.9. The highest BCUT2D eigenvalue weighted by Gasteiger charge is 2.36. The summed E-state index contributed by atoms with van der Waals surface area (Å²) in [5.41, 5.74) is 0.314. The fourth-order valence-electron chi connectivity index (χ4n) is 3.72. The molecule has 4 rings (SSSR count). The monoisotopic (exact) mass is 474 g/mol. The van der Waals surface area contributed by atoms with Gasteiger partial charge in [-0.05, 0) is 70.0 Å². The van der Waals surface area contributed by atoms with Crippen LogP contribution in [0.1, 0.15) is 51.1 Å². The number of nitrogens with zero attached hydrogens (tertiary/aromatic N) is 3.